The smallest absolute Gasteiger partial charge is 0.255 e. The summed E-state index contributed by atoms with van der Waals surface area (Å²) in [7, 11) is -3.09. The van der Waals surface area contributed by atoms with E-state index in [-0.39, 0.29) is 29.5 Å². The molecule has 1 aliphatic heterocycles. The number of nitrogens with zero attached hydrogens (tertiary/aromatic N) is 4. The zero-order chi connectivity index (χ0) is 21.5. The van der Waals surface area contributed by atoms with E-state index in [1.165, 1.54) is 0 Å². The van der Waals surface area contributed by atoms with Crippen LogP contribution in [0, 0.1) is 0 Å². The molecule has 0 bridgehead atoms. The van der Waals surface area contributed by atoms with Gasteiger partial charge in [-0.2, -0.15) is 5.10 Å². The van der Waals surface area contributed by atoms with E-state index in [1.54, 1.807) is 22.4 Å². The third kappa shape index (κ3) is 3.88. The summed E-state index contributed by atoms with van der Waals surface area (Å²) in [6.45, 7) is 6.58. The molecule has 1 amide bonds. The number of aromatic nitrogens is 3. The second-order valence-corrected chi connectivity index (χ2v) is 11.2. The van der Waals surface area contributed by atoms with Crippen LogP contribution in [0.2, 0.25) is 0 Å². The fourth-order valence-electron chi connectivity index (χ4n) is 3.99. The maximum Gasteiger partial charge on any atom is 0.255 e. The highest BCUT2D eigenvalue weighted by atomic mass is 32.2. The molecular weight excluding hydrogens is 420 g/mol. The molecule has 0 aromatic carbocycles. The molecule has 3 aromatic heterocycles. The van der Waals surface area contributed by atoms with Crippen LogP contribution in [0.5, 0.6) is 0 Å². The van der Waals surface area contributed by atoms with E-state index in [4.69, 9.17) is 4.98 Å². The largest absolute Gasteiger partial charge is 0.335 e. The summed E-state index contributed by atoms with van der Waals surface area (Å²) in [6.07, 6.45) is 2.95. The van der Waals surface area contributed by atoms with Crippen molar-refractivity contribution in [1.82, 2.24) is 19.7 Å². The summed E-state index contributed by atoms with van der Waals surface area (Å²) < 4.78 is 25.9. The number of thiophene rings is 1. The molecule has 7 nitrogen and oxygen atoms in total. The third-order valence-corrected chi connectivity index (χ3v) is 8.08. The van der Waals surface area contributed by atoms with Crippen LogP contribution >= 0.6 is 11.3 Å². The lowest BCUT2D eigenvalue weighted by Crippen LogP contribution is -2.41. The fraction of sp³-hybridized carbons (Fsp3) is 0.476. The van der Waals surface area contributed by atoms with Crippen LogP contribution in [0.25, 0.3) is 21.6 Å². The molecule has 4 heterocycles. The van der Waals surface area contributed by atoms with Crippen molar-refractivity contribution in [3.05, 3.63) is 35.3 Å². The third-order valence-electron chi connectivity index (χ3n) is 5.43. The Morgan fingerprint density at radius 1 is 1.40 bits per heavy atom. The van der Waals surface area contributed by atoms with Gasteiger partial charge in [-0.05, 0) is 44.2 Å². The van der Waals surface area contributed by atoms with Gasteiger partial charge in [0, 0.05) is 18.6 Å². The van der Waals surface area contributed by atoms with Gasteiger partial charge in [-0.1, -0.05) is 13.0 Å². The lowest BCUT2D eigenvalue weighted by Gasteiger charge is -2.28. The Morgan fingerprint density at radius 3 is 2.80 bits per heavy atom. The number of pyridine rings is 1. The molecule has 1 fully saturated rings. The standard InChI is InChI=1S/C21H26N4O3S2/c1-4-8-24(15-7-10-30(27,28)13-15)21(26)16-11-18(19-6-5-9-29-19)23-20-17(16)12-22-25(20)14(2)3/h5-6,9,11-12,14-15H,4,7-8,10,13H2,1-3H3. The van der Waals surface area contributed by atoms with E-state index in [0.717, 1.165) is 17.0 Å². The van der Waals surface area contributed by atoms with E-state index in [1.807, 2.05) is 49.0 Å². The van der Waals surface area contributed by atoms with Crippen molar-refractivity contribution in [2.24, 2.45) is 0 Å². The van der Waals surface area contributed by atoms with Crippen molar-refractivity contribution in [2.75, 3.05) is 18.1 Å². The van der Waals surface area contributed by atoms with Gasteiger partial charge in [0.15, 0.2) is 15.5 Å². The summed E-state index contributed by atoms with van der Waals surface area (Å²) in [6, 6.07) is 5.59. The highest BCUT2D eigenvalue weighted by Crippen LogP contribution is 2.30. The Hall–Kier alpha value is -2.26. The van der Waals surface area contributed by atoms with Gasteiger partial charge in [-0.25, -0.2) is 18.1 Å². The number of carbonyl (C=O) groups excluding carboxylic acids is 1. The minimum absolute atomic E-state index is 0.0377. The lowest BCUT2D eigenvalue weighted by molar-refractivity contribution is 0.0699. The van der Waals surface area contributed by atoms with Crippen LogP contribution in [0.1, 0.15) is 50.0 Å². The Balaban J connectivity index is 1.84. The molecule has 1 saturated heterocycles. The molecule has 3 aromatic rings. The van der Waals surface area contributed by atoms with Crippen LogP contribution in [0.15, 0.2) is 29.8 Å². The number of fused-ring (bicyclic) bond motifs is 1. The van der Waals surface area contributed by atoms with Gasteiger partial charge in [0.1, 0.15) is 0 Å². The number of amides is 1. The Bertz CT molecular complexity index is 1170. The molecule has 0 radical (unpaired) electrons. The SMILES string of the molecule is CCCN(C(=O)c1cc(-c2cccs2)nc2c1cnn2C(C)C)C1CCS(=O)(=O)C1. The highest BCUT2D eigenvalue weighted by Gasteiger charge is 2.35. The molecule has 0 saturated carbocycles. The van der Waals surface area contributed by atoms with Gasteiger partial charge in [0.2, 0.25) is 0 Å². The van der Waals surface area contributed by atoms with Crippen molar-refractivity contribution in [3.8, 4) is 10.6 Å². The maximum absolute atomic E-state index is 13.7. The van der Waals surface area contributed by atoms with Gasteiger partial charge in [0.25, 0.3) is 5.91 Å². The van der Waals surface area contributed by atoms with Crippen LogP contribution < -0.4 is 0 Å². The summed E-state index contributed by atoms with van der Waals surface area (Å²) in [5, 5.41) is 7.16. The first-order chi connectivity index (χ1) is 14.3. The number of hydrogen-bond acceptors (Lipinski definition) is 6. The van der Waals surface area contributed by atoms with Crippen LogP contribution in [0.3, 0.4) is 0 Å². The lowest BCUT2D eigenvalue weighted by atomic mass is 10.1. The minimum Gasteiger partial charge on any atom is -0.335 e. The zero-order valence-corrected chi connectivity index (χ0v) is 19.0. The molecule has 1 aliphatic rings. The molecular formula is C21H26N4O3S2. The second kappa shape index (κ2) is 8.11. The number of hydrogen-bond donors (Lipinski definition) is 0. The molecule has 0 aliphatic carbocycles. The Kier molecular flexibility index (Phi) is 5.67. The average Bonchev–Trinajstić information content (AvgIpc) is 3.43. The van der Waals surface area contributed by atoms with Crippen molar-refractivity contribution in [1.29, 1.82) is 0 Å². The fourth-order valence-corrected chi connectivity index (χ4v) is 6.41. The van der Waals surface area contributed by atoms with Gasteiger partial charge in [-0.15, -0.1) is 11.3 Å². The van der Waals surface area contributed by atoms with Gasteiger partial charge in [-0.3, -0.25) is 4.79 Å². The van der Waals surface area contributed by atoms with Crippen molar-refractivity contribution >= 4 is 38.1 Å². The van der Waals surface area contributed by atoms with Crippen LogP contribution in [-0.2, 0) is 9.84 Å². The normalized spacial score (nSPS) is 18.3. The molecule has 1 unspecified atom stereocenters. The first kappa shape index (κ1) is 21.0. The molecule has 0 spiro atoms. The second-order valence-electron chi connectivity index (χ2n) is 8.01. The quantitative estimate of drug-likeness (QED) is 0.575. The predicted octanol–water partition coefficient (Wildman–Crippen LogP) is 3.78. The minimum atomic E-state index is -3.09. The van der Waals surface area contributed by atoms with Crippen LogP contribution in [0.4, 0.5) is 0 Å². The van der Waals surface area contributed by atoms with Crippen molar-refractivity contribution < 1.29 is 13.2 Å². The van der Waals surface area contributed by atoms with Crippen LogP contribution in [-0.4, -0.2) is 58.1 Å². The van der Waals surface area contributed by atoms with Gasteiger partial charge < -0.3 is 4.90 Å². The molecule has 160 valence electrons. The van der Waals surface area contributed by atoms with E-state index in [2.05, 4.69) is 5.10 Å². The van der Waals surface area contributed by atoms with E-state index < -0.39 is 9.84 Å². The Labute approximate surface area is 180 Å². The maximum atomic E-state index is 13.7. The first-order valence-electron chi connectivity index (χ1n) is 10.2. The van der Waals surface area contributed by atoms with Crippen molar-refractivity contribution in [3.63, 3.8) is 0 Å². The highest BCUT2D eigenvalue weighted by molar-refractivity contribution is 7.91. The first-order valence-corrected chi connectivity index (χ1v) is 12.9. The summed E-state index contributed by atoms with van der Waals surface area (Å²) >= 11 is 1.57. The van der Waals surface area contributed by atoms with Gasteiger partial charge >= 0.3 is 0 Å². The molecule has 9 heteroatoms. The number of carbonyl (C=O) groups is 1. The Morgan fingerprint density at radius 2 is 2.20 bits per heavy atom. The van der Waals surface area contributed by atoms with Gasteiger partial charge in [0.05, 0.1) is 39.2 Å². The molecule has 4 rings (SSSR count). The topological polar surface area (TPSA) is 85.2 Å². The van der Waals surface area contributed by atoms with Crippen molar-refractivity contribution in [2.45, 2.75) is 45.7 Å². The summed E-state index contributed by atoms with van der Waals surface area (Å²) in [5.41, 5.74) is 1.95. The van der Waals surface area contributed by atoms with E-state index in [0.29, 0.717) is 29.6 Å². The number of sulfone groups is 1. The monoisotopic (exact) mass is 446 g/mol. The summed E-state index contributed by atoms with van der Waals surface area (Å²) in [4.78, 5) is 21.2. The zero-order valence-electron chi connectivity index (χ0n) is 17.4. The molecule has 1 atom stereocenters. The van der Waals surface area contributed by atoms with E-state index in [9.17, 15) is 13.2 Å². The summed E-state index contributed by atoms with van der Waals surface area (Å²) in [5.74, 6) is 0.0333. The molecule has 0 N–H and O–H groups in total. The average molecular weight is 447 g/mol. The molecule has 30 heavy (non-hydrogen) atoms. The predicted molar refractivity (Wildman–Crippen MR) is 120 cm³/mol. The van der Waals surface area contributed by atoms with E-state index >= 15 is 0 Å². The number of rotatable bonds is 6.